The van der Waals surface area contributed by atoms with Crippen molar-refractivity contribution >= 4 is 5.91 Å². The first-order valence-electron chi connectivity index (χ1n) is 8.84. The van der Waals surface area contributed by atoms with Crippen molar-refractivity contribution in [3.05, 3.63) is 53.6 Å². The Morgan fingerprint density at radius 3 is 2.22 bits per heavy atom. The Morgan fingerprint density at radius 1 is 1.00 bits per heavy atom. The Hall–Kier alpha value is -2.73. The molecule has 0 bridgehead atoms. The van der Waals surface area contributed by atoms with Gasteiger partial charge in [0, 0.05) is 6.54 Å². The fourth-order valence-corrected chi connectivity index (χ4v) is 2.54. The van der Waals surface area contributed by atoms with Gasteiger partial charge in [0.05, 0.1) is 20.3 Å². The highest BCUT2D eigenvalue weighted by atomic mass is 16.5. The van der Waals surface area contributed by atoms with E-state index in [4.69, 9.17) is 14.2 Å². The van der Waals surface area contributed by atoms with Gasteiger partial charge in [0.1, 0.15) is 5.75 Å². The molecule has 6 nitrogen and oxygen atoms in total. The second-order valence-electron chi connectivity index (χ2n) is 6.45. The van der Waals surface area contributed by atoms with Gasteiger partial charge in [-0.1, -0.05) is 32.0 Å². The number of methoxy groups -OCH3 is 2. The van der Waals surface area contributed by atoms with E-state index < -0.39 is 6.10 Å². The van der Waals surface area contributed by atoms with Crippen molar-refractivity contribution in [2.75, 3.05) is 27.4 Å². The number of nitrogens with one attached hydrogen (secondary N) is 1. The minimum Gasteiger partial charge on any atom is -0.493 e. The summed E-state index contributed by atoms with van der Waals surface area (Å²) in [5, 5.41) is 12.9. The second kappa shape index (κ2) is 9.83. The molecular formula is C21H27NO5. The maximum atomic E-state index is 12.0. The number of aliphatic hydroxyl groups excluding tert-OH is 1. The molecule has 2 aromatic rings. The fourth-order valence-electron chi connectivity index (χ4n) is 2.54. The molecule has 1 atom stereocenters. The van der Waals surface area contributed by atoms with Crippen molar-refractivity contribution in [3.8, 4) is 17.2 Å². The van der Waals surface area contributed by atoms with Crippen molar-refractivity contribution in [1.82, 2.24) is 5.32 Å². The zero-order valence-electron chi connectivity index (χ0n) is 16.2. The number of aliphatic hydroxyl groups is 1. The van der Waals surface area contributed by atoms with Crippen LogP contribution in [0.1, 0.15) is 37.0 Å². The largest absolute Gasteiger partial charge is 0.493 e. The molecule has 27 heavy (non-hydrogen) atoms. The number of carbonyl (C=O) groups excluding carboxylic acids is 1. The van der Waals surface area contributed by atoms with Gasteiger partial charge in [0.2, 0.25) is 0 Å². The SMILES string of the molecule is COc1ccc(C(O)CNC(=O)COc2ccc(C(C)C)cc2)cc1OC. The molecule has 2 N–H and O–H groups in total. The van der Waals surface area contributed by atoms with E-state index in [-0.39, 0.29) is 19.1 Å². The second-order valence-corrected chi connectivity index (χ2v) is 6.45. The minimum absolute atomic E-state index is 0.0734. The van der Waals surface area contributed by atoms with Crippen LogP contribution in [0.5, 0.6) is 17.2 Å². The Morgan fingerprint density at radius 2 is 1.63 bits per heavy atom. The zero-order valence-corrected chi connectivity index (χ0v) is 16.2. The first kappa shape index (κ1) is 20.6. The van der Waals surface area contributed by atoms with Gasteiger partial charge in [-0.25, -0.2) is 0 Å². The van der Waals surface area contributed by atoms with E-state index in [2.05, 4.69) is 19.2 Å². The summed E-state index contributed by atoms with van der Waals surface area (Å²) in [5.74, 6) is 1.88. The summed E-state index contributed by atoms with van der Waals surface area (Å²) >= 11 is 0. The maximum Gasteiger partial charge on any atom is 0.258 e. The van der Waals surface area contributed by atoms with Crippen LogP contribution in [0.2, 0.25) is 0 Å². The lowest BCUT2D eigenvalue weighted by molar-refractivity contribution is -0.123. The number of hydrogen-bond donors (Lipinski definition) is 2. The van der Waals surface area contributed by atoms with Crippen LogP contribution in [0, 0.1) is 0 Å². The van der Waals surface area contributed by atoms with Crippen LogP contribution in [0.4, 0.5) is 0 Å². The summed E-state index contributed by atoms with van der Waals surface area (Å²) in [6.45, 7) is 4.20. The molecule has 0 fully saturated rings. The molecule has 2 rings (SSSR count). The first-order chi connectivity index (χ1) is 12.9. The molecule has 0 heterocycles. The number of rotatable bonds is 9. The Balaban J connectivity index is 1.82. The van der Waals surface area contributed by atoms with E-state index >= 15 is 0 Å². The summed E-state index contributed by atoms with van der Waals surface area (Å²) < 4.78 is 15.9. The Kier molecular flexibility index (Phi) is 7.49. The number of ether oxygens (including phenoxy) is 3. The van der Waals surface area contributed by atoms with Crippen molar-refractivity contribution in [3.63, 3.8) is 0 Å². The van der Waals surface area contributed by atoms with E-state index in [1.165, 1.54) is 12.7 Å². The highest BCUT2D eigenvalue weighted by Crippen LogP contribution is 2.29. The lowest BCUT2D eigenvalue weighted by Crippen LogP contribution is -2.32. The molecule has 0 spiro atoms. The van der Waals surface area contributed by atoms with E-state index in [1.54, 1.807) is 25.3 Å². The maximum absolute atomic E-state index is 12.0. The van der Waals surface area contributed by atoms with Gasteiger partial charge in [-0.15, -0.1) is 0 Å². The molecule has 2 aromatic carbocycles. The number of benzene rings is 2. The standard InChI is InChI=1S/C21H27NO5/c1-14(2)15-5-8-17(9-6-15)27-13-21(24)22-12-18(23)16-7-10-19(25-3)20(11-16)26-4/h5-11,14,18,23H,12-13H2,1-4H3,(H,22,24). The van der Waals surface area contributed by atoms with E-state index in [0.29, 0.717) is 28.7 Å². The van der Waals surface area contributed by atoms with Crippen LogP contribution in [0.25, 0.3) is 0 Å². The van der Waals surface area contributed by atoms with E-state index in [9.17, 15) is 9.90 Å². The Bertz CT molecular complexity index is 743. The predicted octanol–water partition coefficient (Wildman–Crippen LogP) is 3.06. The van der Waals surface area contributed by atoms with E-state index in [1.807, 2.05) is 24.3 Å². The van der Waals surface area contributed by atoms with Crippen molar-refractivity contribution in [2.24, 2.45) is 0 Å². The average Bonchev–Trinajstić information content (AvgIpc) is 2.70. The summed E-state index contributed by atoms with van der Waals surface area (Å²) in [4.78, 5) is 12.0. The van der Waals surface area contributed by atoms with Gasteiger partial charge >= 0.3 is 0 Å². The van der Waals surface area contributed by atoms with E-state index in [0.717, 1.165) is 0 Å². The third kappa shape index (κ3) is 5.89. The normalized spacial score (nSPS) is 11.8. The molecule has 6 heteroatoms. The minimum atomic E-state index is -0.862. The molecular weight excluding hydrogens is 346 g/mol. The lowest BCUT2D eigenvalue weighted by atomic mass is 10.0. The number of hydrogen-bond acceptors (Lipinski definition) is 5. The molecule has 0 aromatic heterocycles. The predicted molar refractivity (Wildman–Crippen MR) is 104 cm³/mol. The molecule has 1 amide bonds. The fraction of sp³-hybridized carbons (Fsp3) is 0.381. The third-order valence-electron chi connectivity index (χ3n) is 4.20. The zero-order chi connectivity index (χ0) is 19.8. The molecule has 0 aliphatic rings. The smallest absolute Gasteiger partial charge is 0.258 e. The average molecular weight is 373 g/mol. The summed E-state index contributed by atoms with van der Waals surface area (Å²) in [6, 6.07) is 12.8. The van der Waals surface area contributed by atoms with Gasteiger partial charge < -0.3 is 24.6 Å². The van der Waals surface area contributed by atoms with Crippen LogP contribution in [-0.2, 0) is 4.79 Å². The van der Waals surface area contributed by atoms with Gasteiger partial charge in [0.15, 0.2) is 18.1 Å². The molecule has 0 radical (unpaired) electrons. The highest BCUT2D eigenvalue weighted by molar-refractivity contribution is 5.77. The summed E-state index contributed by atoms with van der Waals surface area (Å²) in [6.07, 6.45) is -0.862. The van der Waals surface area contributed by atoms with Crippen LogP contribution in [0.3, 0.4) is 0 Å². The first-order valence-corrected chi connectivity index (χ1v) is 8.84. The molecule has 146 valence electrons. The Labute approximate surface area is 160 Å². The monoisotopic (exact) mass is 373 g/mol. The lowest BCUT2D eigenvalue weighted by Gasteiger charge is -2.15. The van der Waals surface area contributed by atoms with Gasteiger partial charge in [-0.2, -0.15) is 0 Å². The number of amides is 1. The number of carbonyl (C=O) groups is 1. The topological polar surface area (TPSA) is 77.0 Å². The van der Waals surface area contributed by atoms with Crippen LogP contribution >= 0.6 is 0 Å². The van der Waals surface area contributed by atoms with Crippen molar-refractivity contribution in [2.45, 2.75) is 25.9 Å². The van der Waals surface area contributed by atoms with Crippen molar-refractivity contribution < 1.29 is 24.1 Å². The van der Waals surface area contributed by atoms with Crippen LogP contribution in [-0.4, -0.2) is 38.4 Å². The quantitative estimate of drug-likeness (QED) is 0.706. The molecule has 0 saturated heterocycles. The van der Waals surface area contributed by atoms with Crippen LogP contribution < -0.4 is 19.5 Å². The molecule has 0 aliphatic heterocycles. The molecule has 0 saturated carbocycles. The van der Waals surface area contributed by atoms with Crippen molar-refractivity contribution in [1.29, 1.82) is 0 Å². The molecule has 1 unspecified atom stereocenters. The summed E-state index contributed by atoms with van der Waals surface area (Å²) in [5.41, 5.74) is 1.84. The van der Waals surface area contributed by atoms with Gasteiger partial charge in [-0.05, 0) is 41.3 Å². The highest BCUT2D eigenvalue weighted by Gasteiger charge is 2.13. The molecule has 0 aliphatic carbocycles. The summed E-state index contributed by atoms with van der Waals surface area (Å²) in [7, 11) is 3.07. The van der Waals surface area contributed by atoms with Crippen LogP contribution in [0.15, 0.2) is 42.5 Å². The third-order valence-corrected chi connectivity index (χ3v) is 4.20. The van der Waals surface area contributed by atoms with Gasteiger partial charge in [-0.3, -0.25) is 4.79 Å². The van der Waals surface area contributed by atoms with Gasteiger partial charge in [0.25, 0.3) is 5.91 Å².